The molecule has 2 heterocycles. The van der Waals surface area contributed by atoms with Gasteiger partial charge in [0.2, 0.25) is 0 Å². The first-order chi connectivity index (χ1) is 14.5. The Morgan fingerprint density at radius 3 is 2.44 bits per heavy atom. The van der Waals surface area contributed by atoms with Crippen LogP contribution < -0.4 is 11.2 Å². The SMILES string of the molecule is C=CC[C@]1(n2cc(C)c(=O)[nH]c2=O)C[C@H](O)[C@@H](COP(=O)(O)OP(=O)(O)OP(=O)(O)O)O1. The molecule has 0 spiro atoms. The zero-order chi connectivity index (χ0) is 24.5. The van der Waals surface area contributed by atoms with Crippen LogP contribution in [0.4, 0.5) is 0 Å². The molecule has 1 aromatic rings. The average molecular weight is 522 g/mol. The summed E-state index contributed by atoms with van der Waals surface area (Å²) in [4.78, 5) is 61.8. The van der Waals surface area contributed by atoms with E-state index in [-0.39, 0.29) is 18.4 Å². The maximum Gasteiger partial charge on any atom is 0.490 e. The molecule has 182 valence electrons. The van der Waals surface area contributed by atoms with E-state index in [0.717, 1.165) is 4.57 Å². The lowest BCUT2D eigenvalue weighted by molar-refractivity contribution is -0.116. The Kier molecular flexibility index (Phi) is 8.06. The van der Waals surface area contributed by atoms with Crippen LogP contribution in [0.25, 0.3) is 0 Å². The van der Waals surface area contributed by atoms with E-state index in [0.29, 0.717) is 0 Å². The van der Waals surface area contributed by atoms with Crippen LogP contribution in [0.15, 0.2) is 28.4 Å². The van der Waals surface area contributed by atoms with Gasteiger partial charge in [0.1, 0.15) is 6.10 Å². The van der Waals surface area contributed by atoms with Crippen molar-refractivity contribution in [3.63, 3.8) is 0 Å². The highest BCUT2D eigenvalue weighted by Crippen LogP contribution is 2.66. The standard InChI is InChI=1S/C13H21N2O14P3/c1-3-4-13(15-6-8(2)11(17)14-12(15)18)5-9(16)10(27-13)7-26-31(22,23)29-32(24,25)28-30(19,20)21/h3,6,9-10,16H,1,4-5,7H2,2H3,(H,22,23)(H,24,25)(H,14,17,18)(H2,19,20,21)/t9-,10+,13+/m0/s1. The van der Waals surface area contributed by atoms with E-state index in [9.17, 15) is 33.3 Å². The largest absolute Gasteiger partial charge is 0.490 e. The van der Waals surface area contributed by atoms with Crippen LogP contribution in [0, 0.1) is 6.92 Å². The van der Waals surface area contributed by atoms with Crippen LogP contribution in [-0.2, 0) is 37.3 Å². The van der Waals surface area contributed by atoms with E-state index in [4.69, 9.17) is 19.4 Å². The summed E-state index contributed by atoms with van der Waals surface area (Å²) in [7, 11) is -16.7. The molecule has 1 aliphatic heterocycles. The van der Waals surface area contributed by atoms with Gasteiger partial charge in [-0.05, 0) is 6.92 Å². The fraction of sp³-hybridized carbons (Fsp3) is 0.538. The Morgan fingerprint density at radius 2 is 1.88 bits per heavy atom. The topological polar surface area (TPSA) is 244 Å². The van der Waals surface area contributed by atoms with Crippen molar-refractivity contribution in [2.24, 2.45) is 0 Å². The number of nitrogens with one attached hydrogen (secondary N) is 1. The van der Waals surface area contributed by atoms with Gasteiger partial charge < -0.3 is 29.4 Å². The number of H-pyrrole nitrogens is 1. The van der Waals surface area contributed by atoms with Crippen LogP contribution in [0.1, 0.15) is 18.4 Å². The first-order valence-corrected chi connectivity index (χ1v) is 13.1. The molecule has 1 fully saturated rings. The van der Waals surface area contributed by atoms with E-state index in [2.05, 4.69) is 24.7 Å². The monoisotopic (exact) mass is 522 g/mol. The summed E-state index contributed by atoms with van der Waals surface area (Å²) < 4.78 is 52.3. The van der Waals surface area contributed by atoms with Crippen molar-refractivity contribution in [1.29, 1.82) is 0 Å². The van der Waals surface area contributed by atoms with Crippen LogP contribution >= 0.6 is 23.5 Å². The zero-order valence-electron chi connectivity index (χ0n) is 16.3. The Hall–Kier alpha value is -1.25. The number of ether oxygens (including phenoxy) is 1. The molecule has 1 aliphatic rings. The number of phosphoric acid groups is 3. The van der Waals surface area contributed by atoms with Crippen molar-refractivity contribution in [3.05, 3.63) is 45.3 Å². The molecule has 6 N–H and O–H groups in total. The van der Waals surface area contributed by atoms with Crippen LogP contribution in [0.2, 0.25) is 0 Å². The summed E-state index contributed by atoms with van der Waals surface area (Å²) in [6, 6.07) is 0. The van der Waals surface area contributed by atoms with Gasteiger partial charge in [-0.3, -0.25) is 18.9 Å². The smallest absolute Gasteiger partial charge is 0.390 e. The predicted octanol–water partition coefficient (Wildman–Crippen LogP) is -0.433. The van der Waals surface area contributed by atoms with Gasteiger partial charge in [-0.1, -0.05) is 6.08 Å². The molecule has 0 aliphatic carbocycles. The Bertz CT molecular complexity index is 1120. The molecule has 0 bridgehead atoms. The van der Waals surface area contributed by atoms with Crippen molar-refractivity contribution in [3.8, 4) is 0 Å². The molecule has 1 aromatic heterocycles. The van der Waals surface area contributed by atoms with Gasteiger partial charge in [0, 0.05) is 24.6 Å². The Morgan fingerprint density at radius 1 is 1.25 bits per heavy atom. The van der Waals surface area contributed by atoms with Gasteiger partial charge >= 0.3 is 29.2 Å². The molecule has 1 saturated heterocycles. The summed E-state index contributed by atoms with van der Waals surface area (Å²) in [5.41, 5.74) is -2.90. The minimum Gasteiger partial charge on any atom is -0.390 e. The highest BCUT2D eigenvalue weighted by molar-refractivity contribution is 7.66. The molecule has 32 heavy (non-hydrogen) atoms. The molecule has 0 saturated carbocycles. The summed E-state index contributed by atoms with van der Waals surface area (Å²) in [6.45, 7) is 4.06. The fourth-order valence-corrected chi connectivity index (χ4v) is 5.99. The Balaban J connectivity index is 2.20. The van der Waals surface area contributed by atoms with Crippen molar-refractivity contribution >= 4 is 23.5 Å². The van der Waals surface area contributed by atoms with Crippen LogP contribution in [0.5, 0.6) is 0 Å². The summed E-state index contributed by atoms with van der Waals surface area (Å²) in [6.07, 6.45) is -0.483. The molecular weight excluding hydrogens is 501 g/mol. The minimum absolute atomic E-state index is 0.0405. The van der Waals surface area contributed by atoms with Crippen molar-refractivity contribution in [2.75, 3.05) is 6.61 Å². The molecule has 2 unspecified atom stereocenters. The van der Waals surface area contributed by atoms with Gasteiger partial charge in [0.15, 0.2) is 5.72 Å². The number of phosphoric ester groups is 1. The normalized spacial score (nSPS) is 27.6. The number of hydrogen-bond acceptors (Lipinski definition) is 10. The quantitative estimate of drug-likeness (QED) is 0.169. The number of aryl methyl sites for hydroxylation is 1. The van der Waals surface area contributed by atoms with Gasteiger partial charge in [0.25, 0.3) is 5.56 Å². The number of rotatable bonds is 10. The lowest BCUT2D eigenvalue weighted by Crippen LogP contribution is -2.44. The lowest BCUT2D eigenvalue weighted by Gasteiger charge is -2.30. The van der Waals surface area contributed by atoms with Gasteiger partial charge in [-0.2, -0.15) is 8.62 Å². The second-order valence-electron chi connectivity index (χ2n) is 6.69. The molecule has 19 heteroatoms. The third kappa shape index (κ3) is 6.87. The van der Waals surface area contributed by atoms with Gasteiger partial charge in [-0.25, -0.2) is 18.5 Å². The molecule has 16 nitrogen and oxygen atoms in total. The van der Waals surface area contributed by atoms with E-state index in [1.165, 1.54) is 19.2 Å². The molecule has 5 atom stereocenters. The van der Waals surface area contributed by atoms with E-state index in [1.54, 1.807) is 0 Å². The van der Waals surface area contributed by atoms with Crippen molar-refractivity contribution in [2.45, 2.75) is 37.7 Å². The zero-order valence-corrected chi connectivity index (χ0v) is 19.0. The molecule has 0 radical (unpaired) electrons. The van der Waals surface area contributed by atoms with E-state index < -0.39 is 59.3 Å². The predicted molar refractivity (Wildman–Crippen MR) is 104 cm³/mol. The maximum absolute atomic E-state index is 12.3. The molecule has 0 amide bonds. The van der Waals surface area contributed by atoms with Gasteiger partial charge in [0.05, 0.1) is 12.7 Å². The number of aromatic nitrogens is 2. The summed E-state index contributed by atoms with van der Waals surface area (Å²) in [5, 5.41) is 10.3. The number of aliphatic hydroxyl groups excluding tert-OH is 1. The lowest BCUT2D eigenvalue weighted by atomic mass is 10.0. The third-order valence-electron chi connectivity index (χ3n) is 4.17. The van der Waals surface area contributed by atoms with Crippen molar-refractivity contribution < 1.29 is 56.3 Å². The summed E-state index contributed by atoms with van der Waals surface area (Å²) in [5.74, 6) is 0. The third-order valence-corrected chi connectivity index (χ3v) is 7.97. The number of aliphatic hydroxyl groups is 1. The second kappa shape index (κ2) is 9.55. The second-order valence-corrected chi connectivity index (χ2v) is 11.1. The number of nitrogens with zero attached hydrogens (tertiary/aromatic N) is 1. The Labute approximate surface area is 179 Å². The van der Waals surface area contributed by atoms with Crippen LogP contribution in [-0.4, -0.2) is 53.0 Å². The number of hydrogen-bond donors (Lipinski definition) is 6. The molecule has 2 rings (SSSR count). The maximum atomic E-state index is 12.3. The molecule has 0 aromatic carbocycles. The van der Waals surface area contributed by atoms with E-state index >= 15 is 0 Å². The fourth-order valence-electron chi connectivity index (χ4n) is 2.96. The first-order valence-electron chi connectivity index (χ1n) is 8.57. The summed E-state index contributed by atoms with van der Waals surface area (Å²) >= 11 is 0. The average Bonchev–Trinajstić information content (AvgIpc) is 2.90. The highest BCUT2D eigenvalue weighted by Gasteiger charge is 2.49. The minimum atomic E-state index is -5.71. The molecular formula is C13H21N2O14P3. The van der Waals surface area contributed by atoms with E-state index in [1.807, 2.05) is 0 Å². The number of aromatic amines is 1. The van der Waals surface area contributed by atoms with Crippen LogP contribution in [0.3, 0.4) is 0 Å². The highest BCUT2D eigenvalue weighted by atomic mass is 31.3. The van der Waals surface area contributed by atoms with Crippen molar-refractivity contribution in [1.82, 2.24) is 9.55 Å². The van der Waals surface area contributed by atoms with Gasteiger partial charge in [-0.15, -0.1) is 6.58 Å². The first kappa shape index (κ1) is 27.0.